The van der Waals surface area contributed by atoms with Crippen molar-refractivity contribution in [1.82, 2.24) is 9.80 Å². The lowest BCUT2D eigenvalue weighted by molar-refractivity contribution is -0.156. The van der Waals surface area contributed by atoms with E-state index in [-0.39, 0.29) is 30.9 Å². The number of ether oxygens (including phenoxy) is 2. The van der Waals surface area contributed by atoms with Crippen molar-refractivity contribution < 1.29 is 29.0 Å². The molecule has 0 aromatic carbocycles. The first kappa shape index (κ1) is 26.4. The van der Waals surface area contributed by atoms with Gasteiger partial charge in [-0.25, -0.2) is 0 Å². The van der Waals surface area contributed by atoms with Gasteiger partial charge >= 0.3 is 5.97 Å². The molecule has 1 spiro atoms. The summed E-state index contributed by atoms with van der Waals surface area (Å²) in [5.41, 5.74) is -1.09. The number of nitrogens with zero attached hydrogens (tertiary/aromatic N) is 2. The predicted octanol–water partition coefficient (Wildman–Crippen LogP) is 2.31. The third-order valence-corrected chi connectivity index (χ3v) is 7.59. The Kier molecular flexibility index (Phi) is 8.57. The van der Waals surface area contributed by atoms with Crippen molar-refractivity contribution in [3.8, 4) is 0 Å². The maximum absolute atomic E-state index is 14.1. The molecule has 8 nitrogen and oxygen atoms in total. The van der Waals surface area contributed by atoms with Gasteiger partial charge in [-0.2, -0.15) is 0 Å². The van der Waals surface area contributed by atoms with Gasteiger partial charge in [-0.05, 0) is 25.2 Å². The van der Waals surface area contributed by atoms with Crippen LogP contribution in [0.2, 0.25) is 0 Å². The van der Waals surface area contributed by atoms with Crippen molar-refractivity contribution >= 4 is 17.8 Å². The van der Waals surface area contributed by atoms with Crippen LogP contribution in [0.1, 0.15) is 52.9 Å². The number of carbonyl (C=O) groups is 3. The standard InChI is InChI=1S/C26H40N2O6/c1-6-9-10-14-27(13-7-2)24(31)22-26-12-11-19(34-26)20(25(32)33-15-8-3)21(26)23(30)28(22)18(16-29)17(4)5/h7-8,17-22,29H,2-3,6,9-16H2,1,4-5H3/t18-,19+,20-,21-,22?,26?/m0/s1. The quantitative estimate of drug-likeness (QED) is 0.249. The van der Waals surface area contributed by atoms with Crippen LogP contribution in [0.4, 0.5) is 0 Å². The van der Waals surface area contributed by atoms with E-state index in [1.807, 2.05) is 13.8 Å². The van der Waals surface area contributed by atoms with E-state index in [2.05, 4.69) is 20.1 Å². The van der Waals surface area contributed by atoms with E-state index in [1.165, 1.54) is 11.0 Å². The van der Waals surface area contributed by atoms with Crippen LogP contribution in [0.5, 0.6) is 0 Å². The molecule has 3 rings (SSSR count). The molecule has 0 saturated carbocycles. The highest BCUT2D eigenvalue weighted by atomic mass is 16.6. The van der Waals surface area contributed by atoms with Crippen LogP contribution in [-0.4, -0.2) is 82.8 Å². The van der Waals surface area contributed by atoms with Crippen LogP contribution in [0, 0.1) is 17.8 Å². The number of likely N-dealkylation sites (tertiary alicyclic amines) is 1. The van der Waals surface area contributed by atoms with Crippen molar-refractivity contribution in [2.24, 2.45) is 17.8 Å². The zero-order valence-electron chi connectivity index (χ0n) is 20.8. The maximum Gasteiger partial charge on any atom is 0.312 e. The Morgan fingerprint density at radius 2 is 2.06 bits per heavy atom. The van der Waals surface area contributed by atoms with Crippen molar-refractivity contribution in [2.75, 3.05) is 26.3 Å². The number of unbranched alkanes of at least 4 members (excludes halogenated alkanes) is 2. The summed E-state index contributed by atoms with van der Waals surface area (Å²) in [6, 6.07) is -1.46. The molecule has 3 saturated heterocycles. The highest BCUT2D eigenvalue weighted by Crippen LogP contribution is 2.59. The summed E-state index contributed by atoms with van der Waals surface area (Å²) in [7, 11) is 0. The van der Waals surface area contributed by atoms with E-state index in [1.54, 1.807) is 11.0 Å². The van der Waals surface area contributed by atoms with Gasteiger partial charge in [0.25, 0.3) is 0 Å². The maximum atomic E-state index is 14.1. The SMILES string of the molecule is C=CCOC(=O)[C@@H]1[C@H]2C(=O)N([C@@H](CO)C(C)C)C(C(=O)N(CC=C)CCCCC)C23CC[C@H]1O3. The normalized spacial score (nSPS) is 30.4. The van der Waals surface area contributed by atoms with E-state index in [4.69, 9.17) is 9.47 Å². The Labute approximate surface area is 202 Å². The number of aliphatic hydroxyl groups is 1. The summed E-state index contributed by atoms with van der Waals surface area (Å²) in [6.07, 6.45) is 6.68. The molecular formula is C26H40N2O6. The second-order valence-electron chi connectivity index (χ2n) is 9.99. The molecule has 190 valence electrons. The molecule has 6 atom stereocenters. The first-order chi connectivity index (χ1) is 16.3. The first-order valence-corrected chi connectivity index (χ1v) is 12.6. The van der Waals surface area contributed by atoms with Crippen LogP contribution in [0.25, 0.3) is 0 Å². The number of fused-ring (bicyclic) bond motifs is 1. The lowest BCUT2D eigenvalue weighted by Gasteiger charge is -2.40. The van der Waals surface area contributed by atoms with Gasteiger partial charge in [0.15, 0.2) is 0 Å². The Hall–Kier alpha value is -2.19. The van der Waals surface area contributed by atoms with Crippen LogP contribution in [0.3, 0.4) is 0 Å². The minimum Gasteiger partial charge on any atom is -0.461 e. The van der Waals surface area contributed by atoms with E-state index >= 15 is 0 Å². The molecule has 2 unspecified atom stereocenters. The number of amides is 2. The van der Waals surface area contributed by atoms with Gasteiger partial charge in [0, 0.05) is 13.1 Å². The summed E-state index contributed by atoms with van der Waals surface area (Å²) in [5.74, 6) is -2.65. The second kappa shape index (κ2) is 11.0. The molecule has 3 aliphatic heterocycles. The van der Waals surface area contributed by atoms with Gasteiger partial charge in [0.05, 0.1) is 30.6 Å². The molecule has 0 aliphatic carbocycles. The molecule has 0 radical (unpaired) electrons. The van der Waals surface area contributed by atoms with Crippen molar-refractivity contribution in [3.05, 3.63) is 25.3 Å². The number of esters is 1. The Bertz CT molecular complexity index is 798. The van der Waals surface area contributed by atoms with Crippen LogP contribution < -0.4 is 0 Å². The van der Waals surface area contributed by atoms with E-state index in [0.717, 1.165) is 19.3 Å². The van der Waals surface area contributed by atoms with Gasteiger partial charge in [-0.15, -0.1) is 6.58 Å². The minimum absolute atomic E-state index is 0.0534. The lowest BCUT2D eigenvalue weighted by atomic mass is 9.70. The average molecular weight is 477 g/mol. The Balaban J connectivity index is 2.03. The van der Waals surface area contributed by atoms with E-state index in [0.29, 0.717) is 25.9 Å². The van der Waals surface area contributed by atoms with Crippen molar-refractivity contribution in [2.45, 2.75) is 76.7 Å². The molecule has 0 aromatic heterocycles. The zero-order chi connectivity index (χ0) is 25.0. The fourth-order valence-electron chi connectivity index (χ4n) is 6.03. The highest BCUT2D eigenvalue weighted by Gasteiger charge is 2.75. The fourth-order valence-corrected chi connectivity index (χ4v) is 6.03. The average Bonchev–Trinajstić information content (AvgIpc) is 3.45. The molecule has 2 bridgehead atoms. The summed E-state index contributed by atoms with van der Waals surface area (Å²) in [5, 5.41) is 10.2. The summed E-state index contributed by atoms with van der Waals surface area (Å²) < 4.78 is 11.7. The number of aliphatic hydroxyl groups excluding tert-OH is 1. The topological polar surface area (TPSA) is 96.4 Å². The highest BCUT2D eigenvalue weighted by molar-refractivity contribution is 5.98. The minimum atomic E-state index is -1.09. The third kappa shape index (κ3) is 4.42. The van der Waals surface area contributed by atoms with Crippen molar-refractivity contribution in [3.63, 3.8) is 0 Å². The second-order valence-corrected chi connectivity index (χ2v) is 9.99. The largest absolute Gasteiger partial charge is 0.461 e. The van der Waals surface area contributed by atoms with Gasteiger partial charge in [-0.1, -0.05) is 52.3 Å². The van der Waals surface area contributed by atoms with E-state index < -0.39 is 41.6 Å². The molecule has 8 heteroatoms. The zero-order valence-corrected chi connectivity index (χ0v) is 20.8. The summed E-state index contributed by atoms with van der Waals surface area (Å²) in [6.45, 7) is 14.0. The first-order valence-electron chi connectivity index (χ1n) is 12.6. The molecule has 0 aromatic rings. The Morgan fingerprint density at radius 1 is 1.32 bits per heavy atom. The predicted molar refractivity (Wildman–Crippen MR) is 128 cm³/mol. The fraction of sp³-hybridized carbons (Fsp3) is 0.731. The molecule has 3 fully saturated rings. The number of hydrogen-bond acceptors (Lipinski definition) is 6. The van der Waals surface area contributed by atoms with Crippen LogP contribution in [0.15, 0.2) is 25.3 Å². The molecule has 3 heterocycles. The molecule has 34 heavy (non-hydrogen) atoms. The number of rotatable bonds is 13. The molecule has 1 N–H and O–H groups in total. The summed E-state index contributed by atoms with van der Waals surface area (Å²) >= 11 is 0. The smallest absolute Gasteiger partial charge is 0.312 e. The monoisotopic (exact) mass is 476 g/mol. The molecule has 3 aliphatic rings. The van der Waals surface area contributed by atoms with E-state index in [9.17, 15) is 19.5 Å². The Morgan fingerprint density at radius 3 is 2.65 bits per heavy atom. The van der Waals surface area contributed by atoms with Crippen molar-refractivity contribution in [1.29, 1.82) is 0 Å². The van der Waals surface area contributed by atoms with Gasteiger partial charge in [0.2, 0.25) is 11.8 Å². The molecule has 2 amide bonds. The summed E-state index contributed by atoms with van der Waals surface area (Å²) in [4.78, 5) is 44.3. The lowest BCUT2D eigenvalue weighted by Crippen LogP contribution is -2.59. The number of carbonyl (C=O) groups excluding carboxylic acids is 3. The van der Waals surface area contributed by atoms with Gasteiger partial charge in [-0.3, -0.25) is 14.4 Å². The van der Waals surface area contributed by atoms with Crippen LogP contribution >= 0.6 is 0 Å². The number of hydrogen-bond donors (Lipinski definition) is 1. The third-order valence-electron chi connectivity index (χ3n) is 7.59. The van der Waals surface area contributed by atoms with Gasteiger partial charge in [0.1, 0.15) is 18.2 Å². The van der Waals surface area contributed by atoms with Crippen LogP contribution in [-0.2, 0) is 23.9 Å². The molecular weight excluding hydrogens is 436 g/mol. The van der Waals surface area contributed by atoms with Gasteiger partial charge < -0.3 is 24.4 Å².